The zero-order chi connectivity index (χ0) is 12.3. The average molecular weight is 225 g/mol. The second kappa shape index (κ2) is 4.49. The number of carbonyl (C=O) groups excluding carboxylic acids is 1. The van der Waals surface area contributed by atoms with Crippen LogP contribution in [0.2, 0.25) is 0 Å². The Morgan fingerprint density at radius 2 is 2.25 bits per heavy atom. The smallest absolute Gasteiger partial charge is 0.285 e. The molecule has 0 saturated heterocycles. The molecule has 0 fully saturated rings. The minimum Gasteiger partial charge on any atom is -0.451 e. The summed E-state index contributed by atoms with van der Waals surface area (Å²) in [5, 5.41) is 16.1. The molecule has 0 aliphatic carbocycles. The molecule has 0 unspecified atom stereocenters. The molecule has 1 aromatic rings. The molecule has 0 aliphatic rings. The highest BCUT2D eigenvalue weighted by atomic mass is 16.6. The van der Waals surface area contributed by atoms with Gasteiger partial charge in [0.25, 0.3) is 5.95 Å². The summed E-state index contributed by atoms with van der Waals surface area (Å²) in [6.07, 6.45) is -0.0525. The van der Waals surface area contributed by atoms with Gasteiger partial charge < -0.3 is 19.7 Å². The standard InChI is InChI=1S/C11H15NO4/c1-7(13)10(14)11(2,3)16-9-5-4-8(6-12)15-9/h4-7,12-13H,1-3H3/t7-/m0/s1. The Bertz CT molecular complexity index is 392. The van der Waals surface area contributed by atoms with Crippen molar-refractivity contribution >= 4 is 12.0 Å². The van der Waals surface area contributed by atoms with Gasteiger partial charge in [0.15, 0.2) is 5.60 Å². The molecule has 2 N–H and O–H groups in total. The summed E-state index contributed by atoms with van der Waals surface area (Å²) in [6.45, 7) is 4.49. The minimum atomic E-state index is -1.16. The Balaban J connectivity index is 2.79. The van der Waals surface area contributed by atoms with Gasteiger partial charge in [0.1, 0.15) is 11.9 Å². The van der Waals surface area contributed by atoms with Gasteiger partial charge in [-0.05, 0) is 26.8 Å². The van der Waals surface area contributed by atoms with Crippen LogP contribution in [0.4, 0.5) is 0 Å². The number of aliphatic hydroxyl groups is 1. The number of furan rings is 1. The van der Waals surface area contributed by atoms with E-state index in [4.69, 9.17) is 14.6 Å². The number of Topliss-reactive ketones (excluding diaryl/α,β-unsaturated/α-hetero) is 1. The van der Waals surface area contributed by atoms with Crippen molar-refractivity contribution in [1.82, 2.24) is 0 Å². The molecule has 1 aromatic heterocycles. The van der Waals surface area contributed by atoms with Gasteiger partial charge in [0.2, 0.25) is 5.78 Å². The number of carbonyl (C=O) groups is 1. The van der Waals surface area contributed by atoms with Crippen LogP contribution in [0.15, 0.2) is 16.5 Å². The number of hydrogen-bond donors (Lipinski definition) is 2. The van der Waals surface area contributed by atoms with E-state index in [2.05, 4.69) is 0 Å². The molecule has 5 heteroatoms. The third kappa shape index (κ3) is 2.70. The van der Waals surface area contributed by atoms with Crippen LogP contribution in [-0.4, -0.2) is 28.8 Å². The van der Waals surface area contributed by atoms with Crippen LogP contribution in [-0.2, 0) is 4.79 Å². The molecule has 0 saturated carbocycles. The monoisotopic (exact) mass is 225 g/mol. The first-order valence-electron chi connectivity index (χ1n) is 4.88. The normalized spacial score (nSPS) is 13.2. The van der Waals surface area contributed by atoms with Crippen LogP contribution >= 0.6 is 0 Å². The van der Waals surface area contributed by atoms with E-state index in [0.29, 0.717) is 5.76 Å². The van der Waals surface area contributed by atoms with E-state index in [-0.39, 0.29) is 5.95 Å². The topological polar surface area (TPSA) is 83.5 Å². The molecule has 5 nitrogen and oxygen atoms in total. The second-order valence-electron chi connectivity index (χ2n) is 3.95. The Morgan fingerprint density at radius 1 is 1.62 bits per heavy atom. The lowest BCUT2D eigenvalue weighted by Gasteiger charge is -2.24. The third-order valence-corrected chi connectivity index (χ3v) is 2.07. The van der Waals surface area contributed by atoms with Gasteiger partial charge in [-0.25, -0.2) is 0 Å². The Kier molecular flexibility index (Phi) is 3.49. The molecule has 1 atom stereocenters. The maximum Gasteiger partial charge on any atom is 0.285 e. The molecule has 0 bridgehead atoms. The molecule has 0 radical (unpaired) electrons. The van der Waals surface area contributed by atoms with Crippen LogP contribution in [0.5, 0.6) is 5.95 Å². The van der Waals surface area contributed by atoms with E-state index in [9.17, 15) is 9.90 Å². The molecule has 1 heterocycles. The van der Waals surface area contributed by atoms with Gasteiger partial charge in [-0.15, -0.1) is 0 Å². The van der Waals surface area contributed by atoms with E-state index in [1.165, 1.54) is 13.0 Å². The number of hydrogen-bond acceptors (Lipinski definition) is 5. The van der Waals surface area contributed by atoms with Gasteiger partial charge in [-0.1, -0.05) is 0 Å². The second-order valence-corrected chi connectivity index (χ2v) is 3.95. The predicted octanol–water partition coefficient (Wildman–Crippen LogP) is 1.38. The SMILES string of the molecule is C[C@H](O)C(=O)C(C)(C)Oc1ccc(C=N)o1. The molecular formula is C11H15NO4. The first-order valence-corrected chi connectivity index (χ1v) is 4.88. The summed E-state index contributed by atoms with van der Waals surface area (Å²) in [6, 6.07) is 3.09. The maximum absolute atomic E-state index is 11.6. The summed E-state index contributed by atoms with van der Waals surface area (Å²) in [5.41, 5.74) is -1.16. The van der Waals surface area contributed by atoms with Crippen LogP contribution in [0, 0.1) is 5.41 Å². The average Bonchev–Trinajstić information content (AvgIpc) is 2.63. The Hall–Kier alpha value is -1.62. The van der Waals surface area contributed by atoms with Crippen LogP contribution < -0.4 is 4.74 Å². The first kappa shape index (κ1) is 12.4. The number of nitrogens with one attached hydrogen (secondary N) is 1. The highest BCUT2D eigenvalue weighted by Gasteiger charge is 2.33. The molecule has 0 amide bonds. The van der Waals surface area contributed by atoms with Gasteiger partial charge in [-0.2, -0.15) is 0 Å². The highest BCUT2D eigenvalue weighted by molar-refractivity contribution is 5.90. The van der Waals surface area contributed by atoms with Crippen molar-refractivity contribution in [2.75, 3.05) is 0 Å². The minimum absolute atomic E-state index is 0.150. The molecule has 16 heavy (non-hydrogen) atoms. The summed E-state index contributed by atoms with van der Waals surface area (Å²) < 4.78 is 10.4. The Labute approximate surface area is 93.5 Å². The number of ketones is 1. The van der Waals surface area contributed by atoms with E-state index in [0.717, 1.165) is 6.21 Å². The van der Waals surface area contributed by atoms with E-state index in [1.807, 2.05) is 0 Å². The highest BCUT2D eigenvalue weighted by Crippen LogP contribution is 2.22. The summed E-state index contributed by atoms with van der Waals surface area (Å²) in [4.78, 5) is 11.6. The van der Waals surface area contributed by atoms with Gasteiger partial charge in [0, 0.05) is 6.07 Å². The van der Waals surface area contributed by atoms with Crippen molar-refractivity contribution in [3.05, 3.63) is 17.9 Å². The Morgan fingerprint density at radius 3 is 2.69 bits per heavy atom. The fourth-order valence-electron chi connectivity index (χ4n) is 1.27. The van der Waals surface area contributed by atoms with Gasteiger partial charge >= 0.3 is 0 Å². The molecule has 88 valence electrons. The summed E-state index contributed by atoms with van der Waals surface area (Å²) in [7, 11) is 0. The molecule has 0 aliphatic heterocycles. The lowest BCUT2D eigenvalue weighted by Crippen LogP contribution is -2.43. The van der Waals surface area contributed by atoms with Crippen molar-refractivity contribution in [3.63, 3.8) is 0 Å². The van der Waals surface area contributed by atoms with Gasteiger partial charge in [-0.3, -0.25) is 4.79 Å². The number of aliphatic hydroxyl groups excluding tert-OH is 1. The van der Waals surface area contributed by atoms with E-state index in [1.54, 1.807) is 19.9 Å². The number of ether oxygens (including phenoxy) is 1. The lowest BCUT2D eigenvalue weighted by molar-refractivity contribution is -0.140. The molecular weight excluding hydrogens is 210 g/mol. The zero-order valence-corrected chi connectivity index (χ0v) is 9.48. The zero-order valence-electron chi connectivity index (χ0n) is 9.48. The molecule has 0 aromatic carbocycles. The van der Waals surface area contributed by atoms with Crippen LogP contribution in [0.1, 0.15) is 26.5 Å². The predicted molar refractivity (Wildman–Crippen MR) is 58.0 cm³/mol. The fraction of sp³-hybridized carbons (Fsp3) is 0.455. The lowest BCUT2D eigenvalue weighted by atomic mass is 10.00. The van der Waals surface area contributed by atoms with Crippen molar-refractivity contribution in [2.24, 2.45) is 0 Å². The van der Waals surface area contributed by atoms with Crippen molar-refractivity contribution in [2.45, 2.75) is 32.5 Å². The van der Waals surface area contributed by atoms with Crippen LogP contribution in [0.25, 0.3) is 0 Å². The molecule has 0 spiro atoms. The third-order valence-electron chi connectivity index (χ3n) is 2.07. The summed E-state index contributed by atoms with van der Waals surface area (Å²) >= 11 is 0. The summed E-state index contributed by atoms with van der Waals surface area (Å²) in [5.74, 6) is 0.0631. The first-order chi connectivity index (χ1) is 7.36. The van der Waals surface area contributed by atoms with Crippen molar-refractivity contribution < 1.29 is 19.1 Å². The van der Waals surface area contributed by atoms with Crippen molar-refractivity contribution in [1.29, 1.82) is 5.41 Å². The van der Waals surface area contributed by atoms with Crippen LogP contribution in [0.3, 0.4) is 0 Å². The van der Waals surface area contributed by atoms with Gasteiger partial charge in [0.05, 0.1) is 6.21 Å². The maximum atomic E-state index is 11.6. The number of rotatable bonds is 5. The quantitative estimate of drug-likeness (QED) is 0.741. The largest absolute Gasteiger partial charge is 0.451 e. The van der Waals surface area contributed by atoms with E-state index < -0.39 is 17.5 Å². The molecule has 1 rings (SSSR count). The fourth-order valence-corrected chi connectivity index (χ4v) is 1.27. The van der Waals surface area contributed by atoms with Crippen molar-refractivity contribution in [3.8, 4) is 5.95 Å². The van der Waals surface area contributed by atoms with E-state index >= 15 is 0 Å².